The van der Waals surface area contributed by atoms with Crippen LogP contribution < -0.4 is 9.47 Å². The third-order valence-electron chi connectivity index (χ3n) is 9.02. The average molecular weight is 724 g/mol. The van der Waals surface area contributed by atoms with Crippen LogP contribution in [0.25, 0.3) is 22.4 Å². The molecule has 0 N–H and O–H groups in total. The highest BCUT2D eigenvalue weighted by Gasteiger charge is 2.39. The molecule has 0 radical (unpaired) electrons. The van der Waals surface area contributed by atoms with Gasteiger partial charge in [0.05, 0.1) is 36.5 Å². The van der Waals surface area contributed by atoms with E-state index in [1.165, 1.54) is 7.11 Å². The second-order valence-electron chi connectivity index (χ2n) is 13.6. The number of nitrogens with zero attached hydrogens (tertiary/aromatic N) is 3. The Balaban J connectivity index is 1.24. The van der Waals surface area contributed by atoms with Crippen molar-refractivity contribution in [1.29, 1.82) is 0 Å². The van der Waals surface area contributed by atoms with Crippen LogP contribution in [0.15, 0.2) is 54.6 Å². The van der Waals surface area contributed by atoms with Crippen molar-refractivity contribution in [3.63, 3.8) is 0 Å². The summed E-state index contributed by atoms with van der Waals surface area (Å²) in [6.07, 6.45) is -4.01. The summed E-state index contributed by atoms with van der Waals surface area (Å²) < 4.78 is 58.5. The van der Waals surface area contributed by atoms with E-state index in [2.05, 4.69) is 24.6 Å². The van der Waals surface area contributed by atoms with Crippen LogP contribution >= 0.6 is 11.6 Å². The maximum absolute atomic E-state index is 14.0. The van der Waals surface area contributed by atoms with Gasteiger partial charge in [0.25, 0.3) is 0 Å². The van der Waals surface area contributed by atoms with Crippen LogP contribution in [0.3, 0.4) is 0 Å². The highest BCUT2D eigenvalue weighted by atomic mass is 35.5. The minimum atomic E-state index is -4.80. The first-order valence-electron chi connectivity index (χ1n) is 16.4. The average Bonchev–Trinajstić information content (AvgIpc) is 3.49. The minimum Gasteiger partial charge on any atom is -0.480 e. The Kier molecular flexibility index (Phi) is 9.96. The molecule has 0 saturated heterocycles. The molecule has 3 heterocycles. The van der Waals surface area contributed by atoms with Gasteiger partial charge in [-0.3, -0.25) is 9.78 Å². The van der Waals surface area contributed by atoms with Crippen LogP contribution in [0.4, 0.5) is 18.0 Å². The third kappa shape index (κ3) is 7.36. The van der Waals surface area contributed by atoms with Gasteiger partial charge < -0.3 is 19.1 Å². The highest BCUT2D eigenvalue weighted by Crippen LogP contribution is 2.45. The number of alkyl halides is 3. The van der Waals surface area contributed by atoms with Crippen LogP contribution in [-0.2, 0) is 30.3 Å². The fourth-order valence-electron chi connectivity index (χ4n) is 6.36. The molecule has 1 aliphatic carbocycles. The molecule has 0 bridgehead atoms. The van der Waals surface area contributed by atoms with Crippen molar-refractivity contribution in [1.82, 2.24) is 14.9 Å². The lowest BCUT2D eigenvalue weighted by Crippen LogP contribution is -2.37. The Morgan fingerprint density at radius 2 is 1.76 bits per heavy atom. The molecular weight excluding hydrogens is 687 g/mol. The quantitative estimate of drug-likeness (QED) is 0.126. The van der Waals surface area contributed by atoms with Crippen molar-refractivity contribution in [2.75, 3.05) is 20.3 Å². The van der Waals surface area contributed by atoms with Gasteiger partial charge in [-0.25, -0.2) is 4.79 Å². The van der Waals surface area contributed by atoms with Gasteiger partial charge in [-0.1, -0.05) is 73.7 Å². The molecule has 0 saturated carbocycles. The summed E-state index contributed by atoms with van der Waals surface area (Å²) in [5.41, 5.74) is 5.09. The number of aldehydes is 1. The standard InChI is InChI=1S/C37H37ClF3N3O5Si/c1-47-34-23(21-45)19-29(37(39,40)41)35(43-34)49-32-14-12-25-24(7-5-8-26(25)32)27-9-6-10-28(33(27)38)31-13-11-22-20-44(16-15-30(22)42-31)36(46)48-17-18-50(2,3)4/h5-11,13,19,21,32H,12,14-18,20H2,1-4H3/t32-/m0/s1. The summed E-state index contributed by atoms with van der Waals surface area (Å²) in [6.45, 7) is 8.11. The van der Waals surface area contributed by atoms with E-state index in [1.807, 2.05) is 48.5 Å². The van der Waals surface area contributed by atoms with E-state index in [1.54, 1.807) is 4.90 Å². The molecule has 2 aliphatic rings. The smallest absolute Gasteiger partial charge is 0.421 e. The van der Waals surface area contributed by atoms with Gasteiger partial charge in [-0.15, -0.1) is 0 Å². The fraction of sp³-hybridized carbons (Fsp3) is 0.351. The normalized spacial score (nSPS) is 15.7. The zero-order chi connectivity index (χ0) is 35.8. The maximum Gasteiger partial charge on any atom is 0.421 e. The second kappa shape index (κ2) is 14.1. The summed E-state index contributed by atoms with van der Waals surface area (Å²) >= 11 is 7.09. The Hall–Kier alpha value is -4.42. The molecule has 6 rings (SSSR count). The third-order valence-corrected chi connectivity index (χ3v) is 11.1. The Bertz CT molecular complexity index is 1950. The van der Waals surface area contributed by atoms with Crippen LogP contribution in [0.5, 0.6) is 11.8 Å². The lowest BCUT2D eigenvalue weighted by Gasteiger charge is -2.28. The number of ether oxygens (including phenoxy) is 3. The van der Waals surface area contributed by atoms with Crippen LogP contribution in [0.1, 0.15) is 50.8 Å². The van der Waals surface area contributed by atoms with Crippen LogP contribution in [-0.4, -0.2) is 55.6 Å². The molecule has 13 heteroatoms. The Morgan fingerprint density at radius 1 is 1.02 bits per heavy atom. The number of hydrogen-bond acceptors (Lipinski definition) is 7. The minimum absolute atomic E-state index is 0.248. The predicted molar refractivity (Wildman–Crippen MR) is 187 cm³/mol. The number of amides is 1. The summed E-state index contributed by atoms with van der Waals surface area (Å²) in [4.78, 5) is 34.7. The number of carbonyl (C=O) groups is 2. The monoisotopic (exact) mass is 723 g/mol. The SMILES string of the molecule is COc1nc(O[C@H]2CCc3c(-c4cccc(-c5ccc6c(n5)CCN(C(=O)OCC[Si](C)(C)C)C6)c4Cl)cccc32)c(C(F)(F)F)cc1C=O. The van der Waals surface area contributed by atoms with Gasteiger partial charge in [0, 0.05) is 37.9 Å². The van der Waals surface area contributed by atoms with Gasteiger partial charge >= 0.3 is 12.3 Å². The van der Waals surface area contributed by atoms with Crippen molar-refractivity contribution >= 4 is 32.1 Å². The number of benzene rings is 2. The lowest BCUT2D eigenvalue weighted by molar-refractivity contribution is -0.139. The van der Waals surface area contributed by atoms with Crippen molar-refractivity contribution < 1.29 is 37.0 Å². The van der Waals surface area contributed by atoms with Crippen LogP contribution in [0.2, 0.25) is 30.7 Å². The van der Waals surface area contributed by atoms with E-state index < -0.39 is 31.8 Å². The van der Waals surface area contributed by atoms with Crippen molar-refractivity contribution in [3.05, 3.63) is 93.1 Å². The molecule has 1 amide bonds. The predicted octanol–water partition coefficient (Wildman–Crippen LogP) is 9.20. The molecular formula is C37H37ClF3N3O5Si. The van der Waals surface area contributed by atoms with Gasteiger partial charge in [-0.2, -0.15) is 18.2 Å². The first-order valence-corrected chi connectivity index (χ1v) is 20.5. The number of methoxy groups -OCH3 is 1. The molecule has 2 aromatic carbocycles. The number of carbonyl (C=O) groups excluding carboxylic acids is 2. The summed E-state index contributed by atoms with van der Waals surface area (Å²) in [6, 6.07) is 16.8. The van der Waals surface area contributed by atoms with Gasteiger partial charge in [0.2, 0.25) is 11.8 Å². The molecule has 1 aliphatic heterocycles. The fourth-order valence-corrected chi connectivity index (χ4v) is 7.40. The van der Waals surface area contributed by atoms with Crippen molar-refractivity contribution in [3.8, 4) is 34.1 Å². The molecule has 0 unspecified atom stereocenters. The number of halogens is 4. The second-order valence-corrected chi connectivity index (χ2v) is 19.6. The Labute approximate surface area is 294 Å². The largest absolute Gasteiger partial charge is 0.480 e. The number of rotatable bonds is 9. The van der Waals surface area contributed by atoms with E-state index in [-0.39, 0.29) is 23.8 Å². The highest BCUT2D eigenvalue weighted by molar-refractivity contribution is 6.76. The molecule has 4 aromatic rings. The van der Waals surface area contributed by atoms with Gasteiger partial charge in [0.1, 0.15) is 11.7 Å². The zero-order valence-corrected chi connectivity index (χ0v) is 30.0. The van der Waals surface area contributed by atoms with Crippen molar-refractivity contribution in [2.45, 2.75) is 63.8 Å². The molecule has 262 valence electrons. The molecule has 0 fully saturated rings. The maximum atomic E-state index is 14.0. The number of aromatic nitrogens is 2. The van der Waals surface area contributed by atoms with Crippen LogP contribution in [0, 0.1) is 0 Å². The van der Waals surface area contributed by atoms with E-state index in [9.17, 15) is 22.8 Å². The molecule has 8 nitrogen and oxygen atoms in total. The van der Waals surface area contributed by atoms with E-state index in [4.69, 9.17) is 30.8 Å². The van der Waals surface area contributed by atoms with E-state index in [0.29, 0.717) is 55.7 Å². The molecule has 0 spiro atoms. The number of hydrogen-bond donors (Lipinski definition) is 0. The van der Waals surface area contributed by atoms with Gasteiger partial charge in [0.15, 0.2) is 6.29 Å². The number of pyridine rings is 2. The first kappa shape index (κ1) is 35.4. The molecule has 1 atom stereocenters. The Morgan fingerprint density at radius 3 is 2.48 bits per heavy atom. The van der Waals surface area contributed by atoms with E-state index in [0.717, 1.165) is 45.1 Å². The zero-order valence-electron chi connectivity index (χ0n) is 28.2. The van der Waals surface area contributed by atoms with Gasteiger partial charge in [-0.05, 0) is 53.3 Å². The molecule has 50 heavy (non-hydrogen) atoms. The van der Waals surface area contributed by atoms with E-state index >= 15 is 0 Å². The van der Waals surface area contributed by atoms with Crippen molar-refractivity contribution in [2.24, 2.45) is 0 Å². The molecule has 2 aromatic heterocycles. The number of fused-ring (bicyclic) bond motifs is 2. The summed E-state index contributed by atoms with van der Waals surface area (Å²) in [7, 11) is -0.0822. The lowest BCUT2D eigenvalue weighted by atomic mass is 9.94. The summed E-state index contributed by atoms with van der Waals surface area (Å²) in [5, 5.41) is 0.497. The topological polar surface area (TPSA) is 90.9 Å². The first-order chi connectivity index (χ1) is 23.8. The summed E-state index contributed by atoms with van der Waals surface area (Å²) in [5.74, 6) is -0.897.